The van der Waals surface area contributed by atoms with Gasteiger partial charge >= 0.3 is 29.6 Å². The fraction of sp³-hybridized carbons (Fsp3) is 0.750. The van der Waals surface area contributed by atoms with Gasteiger partial charge in [-0.05, 0) is 32.1 Å². The van der Waals surface area contributed by atoms with Crippen LogP contribution in [-0.2, 0) is 35.3 Å². The van der Waals surface area contributed by atoms with Crippen molar-refractivity contribution < 1.29 is 63.5 Å². The number of carboxylic acid groups (broad SMARTS) is 1. The van der Waals surface area contributed by atoms with Gasteiger partial charge in [0.15, 0.2) is 11.5 Å². The summed E-state index contributed by atoms with van der Waals surface area (Å²) >= 11 is 0. The van der Waals surface area contributed by atoms with Crippen LogP contribution in [0.15, 0.2) is 17.5 Å². The first-order valence-electron chi connectivity index (χ1n) is 12.4. The van der Waals surface area contributed by atoms with Gasteiger partial charge in [0.1, 0.15) is 0 Å². The van der Waals surface area contributed by atoms with Crippen LogP contribution in [0.25, 0.3) is 0 Å². The van der Waals surface area contributed by atoms with Crippen LogP contribution in [0, 0.1) is 23.7 Å². The summed E-state index contributed by atoms with van der Waals surface area (Å²) in [6.07, 6.45) is 6.13. The molecule has 1 aromatic rings. The quantitative estimate of drug-likeness (QED) is 0.311. The molecule has 192 valence electrons. The Morgan fingerprint density at radius 3 is 2.81 bits per heavy atom. The second-order valence-corrected chi connectivity index (χ2v) is 10.5. The SMILES string of the molecule is CC1CCC2C(C)C(=NCCC(=O)NC(Cc3cnc[nH]3)C(=O)[O-])OC3OC4(C)CCC1C32OO4.[Na+]. The molecule has 12 heteroatoms. The van der Waals surface area contributed by atoms with Gasteiger partial charge in [-0.3, -0.25) is 9.79 Å². The molecule has 36 heavy (non-hydrogen) atoms. The first-order valence-corrected chi connectivity index (χ1v) is 12.4. The van der Waals surface area contributed by atoms with Crippen LogP contribution in [0.4, 0.5) is 0 Å². The molecular formula is C24H33N4NaO7. The van der Waals surface area contributed by atoms with Crippen molar-refractivity contribution in [1.29, 1.82) is 0 Å². The van der Waals surface area contributed by atoms with E-state index in [1.165, 1.54) is 12.5 Å². The van der Waals surface area contributed by atoms with Crippen molar-refractivity contribution in [3.05, 3.63) is 18.2 Å². The number of nitrogens with one attached hydrogen (secondary N) is 2. The zero-order valence-electron chi connectivity index (χ0n) is 21.3. The summed E-state index contributed by atoms with van der Waals surface area (Å²) in [6.45, 7) is 6.36. The molecule has 2 N–H and O–H groups in total. The number of aromatic amines is 1. The van der Waals surface area contributed by atoms with Gasteiger partial charge in [0, 0.05) is 48.9 Å². The third-order valence-electron chi connectivity index (χ3n) is 8.20. The van der Waals surface area contributed by atoms with Crippen molar-refractivity contribution in [2.24, 2.45) is 28.7 Å². The van der Waals surface area contributed by atoms with Crippen LogP contribution < -0.4 is 40.0 Å². The molecule has 8 atom stereocenters. The third kappa shape index (κ3) is 4.98. The molecule has 0 aromatic carbocycles. The van der Waals surface area contributed by atoms with Gasteiger partial charge in [-0.25, -0.2) is 14.8 Å². The summed E-state index contributed by atoms with van der Waals surface area (Å²) in [5.41, 5.74) is -0.0754. The van der Waals surface area contributed by atoms with Crippen molar-refractivity contribution in [1.82, 2.24) is 15.3 Å². The van der Waals surface area contributed by atoms with E-state index in [1.54, 1.807) is 0 Å². The number of ether oxygens (including phenoxy) is 2. The van der Waals surface area contributed by atoms with Gasteiger partial charge in [0.05, 0.1) is 24.9 Å². The van der Waals surface area contributed by atoms with Crippen molar-refractivity contribution in [2.45, 2.75) is 83.0 Å². The number of carbonyl (C=O) groups is 2. The molecule has 2 bridgehead atoms. The Bertz CT molecular complexity index is 991. The second kappa shape index (κ2) is 10.7. The molecule has 5 aliphatic rings. The molecule has 11 nitrogen and oxygen atoms in total. The number of hydrogen-bond acceptors (Lipinski definition) is 9. The van der Waals surface area contributed by atoms with Crippen LogP contribution in [0.5, 0.6) is 0 Å². The third-order valence-corrected chi connectivity index (χ3v) is 8.20. The number of hydrogen-bond donors (Lipinski definition) is 2. The van der Waals surface area contributed by atoms with E-state index in [4.69, 9.17) is 19.2 Å². The zero-order chi connectivity index (χ0) is 24.8. The number of aliphatic carboxylic acids is 1. The molecule has 1 saturated carbocycles. The molecular weight excluding hydrogens is 479 g/mol. The van der Waals surface area contributed by atoms with Gasteiger partial charge in [-0.15, -0.1) is 0 Å². The van der Waals surface area contributed by atoms with Gasteiger partial charge in [-0.1, -0.05) is 13.8 Å². The van der Waals surface area contributed by atoms with Gasteiger partial charge in [0.2, 0.25) is 18.0 Å². The maximum absolute atomic E-state index is 12.4. The van der Waals surface area contributed by atoms with Gasteiger partial charge < -0.3 is 29.7 Å². The van der Waals surface area contributed by atoms with Crippen molar-refractivity contribution in [2.75, 3.05) is 6.54 Å². The van der Waals surface area contributed by atoms with Crippen LogP contribution >= 0.6 is 0 Å². The Labute approximate surface area is 232 Å². The molecule has 5 heterocycles. The Morgan fingerprint density at radius 1 is 1.28 bits per heavy atom. The van der Waals surface area contributed by atoms with Crippen LogP contribution in [0.2, 0.25) is 0 Å². The summed E-state index contributed by atoms with van der Waals surface area (Å²) in [6, 6.07) is -1.16. The number of rotatable bonds is 7. The predicted octanol–water partition coefficient (Wildman–Crippen LogP) is -2.14. The number of amides is 1. The number of aromatic nitrogens is 2. The van der Waals surface area contributed by atoms with Crippen LogP contribution in [0.3, 0.4) is 0 Å². The second-order valence-electron chi connectivity index (χ2n) is 10.5. The number of H-pyrrole nitrogens is 1. The minimum Gasteiger partial charge on any atom is -0.548 e. The molecule has 4 saturated heterocycles. The minimum atomic E-state index is -1.36. The summed E-state index contributed by atoms with van der Waals surface area (Å²) in [4.78, 5) is 47.1. The molecule has 1 aromatic heterocycles. The fourth-order valence-corrected chi connectivity index (χ4v) is 6.30. The van der Waals surface area contributed by atoms with Crippen LogP contribution in [0.1, 0.15) is 58.6 Å². The van der Waals surface area contributed by atoms with Crippen molar-refractivity contribution in [3.8, 4) is 0 Å². The molecule has 4 aliphatic heterocycles. The summed E-state index contributed by atoms with van der Waals surface area (Å²) in [5.74, 6) is -1.28. The Balaban J connectivity index is 0.00000304. The van der Waals surface area contributed by atoms with E-state index in [9.17, 15) is 14.7 Å². The van der Waals surface area contributed by atoms with E-state index in [-0.39, 0.29) is 66.7 Å². The molecule has 1 aliphatic carbocycles. The standard InChI is InChI=1S/C24H34N4O7.Na/c1-13-4-5-17-14(2)20(32-22-24(17)16(13)6-8-23(3,33-22)34-35-24)26-9-7-19(29)28-18(21(30)31)10-15-11-25-12-27-15;/h11-14,16-18,22H,4-10H2,1-3H3,(H,25,27)(H,28,29)(H,30,31);/q;+1/p-1. The number of carboxylic acids is 1. The number of imidazole rings is 1. The largest absolute Gasteiger partial charge is 1.00 e. The maximum atomic E-state index is 12.4. The molecule has 5 fully saturated rings. The fourth-order valence-electron chi connectivity index (χ4n) is 6.30. The first kappa shape index (κ1) is 27.5. The van der Waals surface area contributed by atoms with Gasteiger partial charge in [-0.2, -0.15) is 0 Å². The predicted molar refractivity (Wildman–Crippen MR) is 119 cm³/mol. The number of aliphatic imine (C=N–C) groups is 1. The average molecular weight is 513 g/mol. The summed E-state index contributed by atoms with van der Waals surface area (Å²) in [5, 5.41) is 14.0. The molecule has 0 radical (unpaired) electrons. The van der Waals surface area contributed by atoms with Crippen molar-refractivity contribution >= 4 is 17.8 Å². The molecule has 8 unspecified atom stereocenters. The maximum Gasteiger partial charge on any atom is 1.00 e. The van der Waals surface area contributed by atoms with E-state index >= 15 is 0 Å². The van der Waals surface area contributed by atoms with Crippen LogP contribution in [-0.4, -0.2) is 58.0 Å². The normalized spacial score (nSPS) is 38.8. The topological polar surface area (TPSA) is 147 Å². The Hall–Kier alpha value is -1.50. The average Bonchev–Trinajstić information content (AvgIpc) is 3.22. The van der Waals surface area contributed by atoms with E-state index < -0.39 is 35.6 Å². The van der Waals surface area contributed by atoms with E-state index in [1.807, 2.05) is 6.92 Å². The molecule has 1 amide bonds. The molecule has 6 rings (SSSR count). The molecule has 1 spiro atoms. The van der Waals surface area contributed by atoms with Gasteiger partial charge in [0.25, 0.3) is 0 Å². The smallest absolute Gasteiger partial charge is 0.548 e. The Morgan fingerprint density at radius 2 is 2.08 bits per heavy atom. The minimum absolute atomic E-state index is 0. The zero-order valence-corrected chi connectivity index (χ0v) is 23.3. The van der Waals surface area contributed by atoms with E-state index in [0.717, 1.165) is 25.7 Å². The first-order chi connectivity index (χ1) is 16.7. The van der Waals surface area contributed by atoms with E-state index in [0.29, 0.717) is 17.5 Å². The Kier molecular flexibility index (Phi) is 8.19. The van der Waals surface area contributed by atoms with E-state index in [2.05, 4.69) is 34.1 Å². The monoisotopic (exact) mass is 512 g/mol. The number of nitrogens with zero attached hydrogens (tertiary/aromatic N) is 2. The summed E-state index contributed by atoms with van der Waals surface area (Å²) < 4.78 is 12.6. The summed E-state index contributed by atoms with van der Waals surface area (Å²) in [7, 11) is 0. The number of carbonyl (C=O) groups excluding carboxylic acids is 2. The number of fused-ring (bicyclic) bond motifs is 2. The van der Waals surface area contributed by atoms with Crippen molar-refractivity contribution in [3.63, 3.8) is 0 Å².